The molecule has 1 aromatic rings. The Morgan fingerprint density at radius 1 is 1.22 bits per heavy atom. The largest absolute Gasteiger partial charge is 0.337 e. The Kier molecular flexibility index (Phi) is 3.10. The lowest BCUT2D eigenvalue weighted by molar-refractivity contribution is -0.129. The molecule has 1 amide bonds. The van der Waals surface area contributed by atoms with Crippen LogP contribution in [0.1, 0.15) is 11.6 Å². The third-order valence-corrected chi connectivity index (χ3v) is 4.40. The Balaban J connectivity index is 2.44. The van der Waals surface area contributed by atoms with Crippen molar-refractivity contribution >= 4 is 15.7 Å². The zero-order valence-corrected chi connectivity index (χ0v) is 10.4. The summed E-state index contributed by atoms with van der Waals surface area (Å²) in [6, 6.07) is 1.93. The van der Waals surface area contributed by atoms with E-state index < -0.39 is 39.2 Å². The first-order valence-electron chi connectivity index (χ1n) is 5.20. The minimum atomic E-state index is -3.52. The number of halogens is 2. The molecule has 0 aromatic heterocycles. The van der Waals surface area contributed by atoms with Crippen molar-refractivity contribution in [2.75, 3.05) is 18.6 Å². The minimum Gasteiger partial charge on any atom is -0.337 e. The van der Waals surface area contributed by atoms with Gasteiger partial charge < -0.3 is 4.90 Å². The van der Waals surface area contributed by atoms with Gasteiger partial charge in [0.1, 0.15) is 17.4 Å². The Labute approximate surface area is 103 Å². The van der Waals surface area contributed by atoms with Gasteiger partial charge in [-0.3, -0.25) is 4.79 Å². The van der Waals surface area contributed by atoms with E-state index in [1.165, 1.54) is 11.9 Å². The number of hydrogen-bond acceptors (Lipinski definition) is 3. The predicted octanol–water partition coefficient (Wildman–Crippen LogP) is 0.893. The maximum absolute atomic E-state index is 13.1. The smallest absolute Gasteiger partial charge is 0.238 e. The minimum absolute atomic E-state index is 0.145. The van der Waals surface area contributed by atoms with E-state index in [1.54, 1.807) is 0 Å². The standard InChI is InChI=1S/C11H11F2NO3S/c1-14-10(5-18(16,17)6-11(14)15)7-2-8(12)4-9(13)3-7/h2-4,10H,5-6H2,1H3/t10-/m0/s1. The quantitative estimate of drug-likeness (QED) is 0.765. The summed E-state index contributed by atoms with van der Waals surface area (Å²) in [5, 5.41) is 0. The zero-order valence-electron chi connectivity index (χ0n) is 9.56. The van der Waals surface area contributed by atoms with Crippen molar-refractivity contribution in [2.24, 2.45) is 0 Å². The molecule has 0 aliphatic carbocycles. The van der Waals surface area contributed by atoms with Crippen LogP contribution in [0, 0.1) is 11.6 Å². The summed E-state index contributed by atoms with van der Waals surface area (Å²) >= 11 is 0. The molecule has 1 aliphatic heterocycles. The van der Waals surface area contributed by atoms with Crippen LogP contribution in [0.3, 0.4) is 0 Å². The fourth-order valence-corrected chi connectivity index (χ4v) is 3.56. The summed E-state index contributed by atoms with van der Waals surface area (Å²) < 4.78 is 49.3. The van der Waals surface area contributed by atoms with E-state index >= 15 is 0 Å². The summed E-state index contributed by atoms with van der Waals surface area (Å²) in [7, 11) is -2.10. The monoisotopic (exact) mass is 275 g/mol. The maximum atomic E-state index is 13.1. The van der Waals surface area contributed by atoms with Crippen molar-refractivity contribution in [1.82, 2.24) is 4.90 Å². The van der Waals surface area contributed by atoms with E-state index in [2.05, 4.69) is 0 Å². The zero-order chi connectivity index (χ0) is 13.5. The van der Waals surface area contributed by atoms with Gasteiger partial charge in [-0.25, -0.2) is 17.2 Å². The van der Waals surface area contributed by atoms with Crippen LogP contribution in [-0.4, -0.2) is 37.8 Å². The highest BCUT2D eigenvalue weighted by molar-refractivity contribution is 7.92. The second-order valence-corrected chi connectivity index (χ2v) is 6.39. The van der Waals surface area contributed by atoms with E-state index in [9.17, 15) is 22.0 Å². The maximum Gasteiger partial charge on any atom is 0.238 e. The van der Waals surface area contributed by atoms with Crippen LogP contribution < -0.4 is 0 Å². The molecule has 0 radical (unpaired) electrons. The van der Waals surface area contributed by atoms with Gasteiger partial charge in [0.15, 0.2) is 9.84 Å². The molecule has 4 nitrogen and oxygen atoms in total. The fourth-order valence-electron chi connectivity index (χ4n) is 1.96. The van der Waals surface area contributed by atoms with E-state index in [-0.39, 0.29) is 11.3 Å². The normalized spacial score (nSPS) is 23.2. The average molecular weight is 275 g/mol. The number of hydrogen-bond donors (Lipinski definition) is 0. The lowest BCUT2D eigenvalue weighted by atomic mass is 10.1. The molecule has 0 unspecified atom stereocenters. The second kappa shape index (κ2) is 4.31. The Hall–Kier alpha value is -1.50. The first-order valence-corrected chi connectivity index (χ1v) is 7.03. The molecule has 0 saturated carbocycles. The van der Waals surface area contributed by atoms with Crippen molar-refractivity contribution in [2.45, 2.75) is 6.04 Å². The summed E-state index contributed by atoms with van der Waals surface area (Å²) in [5.74, 6) is -3.05. The van der Waals surface area contributed by atoms with Gasteiger partial charge in [0.2, 0.25) is 5.91 Å². The number of carbonyl (C=O) groups excluding carboxylic acids is 1. The molecule has 98 valence electrons. The lowest BCUT2D eigenvalue weighted by Crippen LogP contribution is -2.45. The molecule has 0 N–H and O–H groups in total. The van der Waals surface area contributed by atoms with Crippen molar-refractivity contribution in [1.29, 1.82) is 0 Å². The molecule has 1 saturated heterocycles. The molecule has 1 heterocycles. The first kappa shape index (κ1) is 12.9. The van der Waals surface area contributed by atoms with Crippen LogP contribution >= 0.6 is 0 Å². The predicted molar refractivity (Wildman–Crippen MR) is 60.5 cm³/mol. The number of benzene rings is 1. The summed E-state index contributed by atoms with van der Waals surface area (Å²) in [6.07, 6.45) is 0. The van der Waals surface area contributed by atoms with Gasteiger partial charge in [-0.1, -0.05) is 0 Å². The number of amides is 1. The van der Waals surface area contributed by atoms with E-state index in [1.807, 2.05) is 0 Å². The van der Waals surface area contributed by atoms with Gasteiger partial charge in [0.05, 0.1) is 11.8 Å². The highest BCUT2D eigenvalue weighted by atomic mass is 32.2. The molecule has 2 rings (SSSR count). The molecule has 1 fully saturated rings. The number of sulfone groups is 1. The molecule has 18 heavy (non-hydrogen) atoms. The number of rotatable bonds is 1. The highest BCUT2D eigenvalue weighted by Gasteiger charge is 2.35. The van der Waals surface area contributed by atoms with Gasteiger partial charge in [0.25, 0.3) is 0 Å². The molecule has 7 heteroatoms. The van der Waals surface area contributed by atoms with E-state index in [0.717, 1.165) is 12.1 Å². The summed E-state index contributed by atoms with van der Waals surface area (Å²) in [5.41, 5.74) is 0.145. The van der Waals surface area contributed by atoms with Crippen LogP contribution in [0.4, 0.5) is 8.78 Å². The van der Waals surface area contributed by atoms with Crippen molar-refractivity contribution in [3.05, 3.63) is 35.4 Å². The number of nitrogens with zero attached hydrogens (tertiary/aromatic N) is 1. The molecular formula is C11H11F2NO3S. The fraction of sp³-hybridized carbons (Fsp3) is 0.364. The third-order valence-electron chi connectivity index (χ3n) is 2.89. The van der Waals surface area contributed by atoms with Crippen molar-refractivity contribution < 1.29 is 22.0 Å². The van der Waals surface area contributed by atoms with E-state index in [0.29, 0.717) is 6.07 Å². The SMILES string of the molecule is CN1C(=O)CS(=O)(=O)C[C@H]1c1cc(F)cc(F)c1. The molecule has 1 aromatic carbocycles. The summed E-state index contributed by atoms with van der Waals surface area (Å²) in [6.45, 7) is 0. The van der Waals surface area contributed by atoms with Crippen LogP contribution in [0.2, 0.25) is 0 Å². The number of carbonyl (C=O) groups is 1. The van der Waals surface area contributed by atoms with Gasteiger partial charge >= 0.3 is 0 Å². The van der Waals surface area contributed by atoms with Crippen molar-refractivity contribution in [3.63, 3.8) is 0 Å². The highest BCUT2D eigenvalue weighted by Crippen LogP contribution is 2.27. The Morgan fingerprint density at radius 2 is 1.78 bits per heavy atom. The molecule has 1 aliphatic rings. The first-order chi connectivity index (χ1) is 8.28. The Morgan fingerprint density at radius 3 is 2.33 bits per heavy atom. The molecular weight excluding hydrogens is 264 g/mol. The van der Waals surface area contributed by atoms with Gasteiger partial charge in [-0.2, -0.15) is 0 Å². The Bertz CT molecular complexity index is 580. The molecule has 0 bridgehead atoms. The molecule has 1 atom stereocenters. The van der Waals surface area contributed by atoms with Crippen molar-refractivity contribution in [3.8, 4) is 0 Å². The topological polar surface area (TPSA) is 54.5 Å². The van der Waals surface area contributed by atoms with Gasteiger partial charge in [-0.05, 0) is 17.7 Å². The van der Waals surface area contributed by atoms with Crippen LogP contribution in [0.15, 0.2) is 18.2 Å². The van der Waals surface area contributed by atoms with Crippen LogP contribution in [-0.2, 0) is 14.6 Å². The van der Waals surface area contributed by atoms with Crippen LogP contribution in [0.5, 0.6) is 0 Å². The summed E-state index contributed by atoms with van der Waals surface area (Å²) in [4.78, 5) is 12.7. The van der Waals surface area contributed by atoms with E-state index in [4.69, 9.17) is 0 Å². The second-order valence-electron chi connectivity index (χ2n) is 4.28. The van der Waals surface area contributed by atoms with Crippen LogP contribution in [0.25, 0.3) is 0 Å². The van der Waals surface area contributed by atoms with Gasteiger partial charge in [-0.15, -0.1) is 0 Å². The third kappa shape index (κ3) is 2.50. The average Bonchev–Trinajstić information content (AvgIpc) is 2.21. The lowest BCUT2D eigenvalue weighted by Gasteiger charge is -2.32. The van der Waals surface area contributed by atoms with Gasteiger partial charge in [0, 0.05) is 13.1 Å². The molecule has 0 spiro atoms.